The van der Waals surface area contributed by atoms with Crippen molar-refractivity contribution < 1.29 is 9.18 Å². The Hall–Kier alpha value is -2.50. The van der Waals surface area contributed by atoms with E-state index in [4.69, 9.17) is 0 Å². The van der Waals surface area contributed by atoms with E-state index in [9.17, 15) is 9.18 Å². The van der Waals surface area contributed by atoms with E-state index in [1.165, 1.54) is 12.1 Å². The van der Waals surface area contributed by atoms with Crippen LogP contribution in [0.3, 0.4) is 0 Å². The van der Waals surface area contributed by atoms with Gasteiger partial charge < -0.3 is 9.80 Å². The van der Waals surface area contributed by atoms with Gasteiger partial charge in [-0.15, -0.1) is 5.10 Å². The monoisotopic (exact) mass is 326 g/mol. The maximum Gasteiger partial charge on any atom is 0.227 e. The number of anilines is 2. The van der Waals surface area contributed by atoms with E-state index in [1.807, 2.05) is 19.1 Å². The van der Waals surface area contributed by atoms with Crippen LogP contribution in [0.1, 0.15) is 18.5 Å². The molecule has 6 heteroatoms. The molecule has 1 aromatic heterocycles. The minimum Gasteiger partial charge on any atom is -0.354 e. The quantitative estimate of drug-likeness (QED) is 0.851. The van der Waals surface area contributed by atoms with Crippen molar-refractivity contribution in [2.24, 2.45) is 5.41 Å². The second kappa shape index (κ2) is 5.54. The maximum absolute atomic E-state index is 13.5. The summed E-state index contributed by atoms with van der Waals surface area (Å²) in [7, 11) is 0. The zero-order valence-corrected chi connectivity index (χ0v) is 13.6. The average Bonchev–Trinajstić information content (AvgIpc) is 3.12. The lowest BCUT2D eigenvalue weighted by atomic mass is 9.86. The Morgan fingerprint density at radius 3 is 2.79 bits per heavy atom. The number of hydrogen-bond donors (Lipinski definition) is 0. The standard InChI is InChI=1S/C18H19FN4O/c1-13-5-6-16(21-20-13)22-8-7-18(11-22)10-17(24)23(12-18)15-4-2-3-14(19)9-15/h2-6,9H,7-8,10-12H2,1H3. The topological polar surface area (TPSA) is 49.3 Å². The molecule has 124 valence electrons. The summed E-state index contributed by atoms with van der Waals surface area (Å²) >= 11 is 0. The molecule has 5 nitrogen and oxygen atoms in total. The molecular weight excluding hydrogens is 307 g/mol. The third kappa shape index (κ3) is 2.62. The van der Waals surface area contributed by atoms with Crippen molar-refractivity contribution in [1.82, 2.24) is 10.2 Å². The van der Waals surface area contributed by atoms with Crippen molar-refractivity contribution in [2.75, 3.05) is 29.4 Å². The molecule has 0 saturated carbocycles. The first-order chi connectivity index (χ1) is 11.5. The smallest absolute Gasteiger partial charge is 0.227 e. The normalized spacial score (nSPS) is 23.5. The van der Waals surface area contributed by atoms with Crippen LogP contribution in [-0.2, 0) is 4.79 Å². The van der Waals surface area contributed by atoms with E-state index in [0.29, 0.717) is 18.7 Å². The van der Waals surface area contributed by atoms with Gasteiger partial charge in [0, 0.05) is 37.2 Å². The number of aryl methyl sites for hydroxylation is 1. The molecule has 1 unspecified atom stereocenters. The highest BCUT2D eigenvalue weighted by Gasteiger charge is 2.48. The second-order valence-electron chi connectivity index (χ2n) is 6.84. The van der Waals surface area contributed by atoms with Crippen LogP contribution >= 0.6 is 0 Å². The van der Waals surface area contributed by atoms with Gasteiger partial charge in [-0.2, -0.15) is 5.10 Å². The van der Waals surface area contributed by atoms with Gasteiger partial charge in [0.15, 0.2) is 5.82 Å². The molecule has 0 N–H and O–H groups in total. The van der Waals surface area contributed by atoms with Crippen molar-refractivity contribution >= 4 is 17.4 Å². The highest BCUT2D eigenvalue weighted by molar-refractivity contribution is 5.96. The van der Waals surface area contributed by atoms with Crippen LogP contribution in [0.25, 0.3) is 0 Å². The van der Waals surface area contributed by atoms with Gasteiger partial charge in [-0.3, -0.25) is 4.79 Å². The van der Waals surface area contributed by atoms with Crippen molar-refractivity contribution in [2.45, 2.75) is 19.8 Å². The Kier molecular flexibility index (Phi) is 3.48. The average molecular weight is 326 g/mol. The van der Waals surface area contributed by atoms with Gasteiger partial charge in [0.05, 0.1) is 5.69 Å². The summed E-state index contributed by atoms with van der Waals surface area (Å²) < 4.78 is 13.5. The molecular formula is C18H19FN4O. The van der Waals surface area contributed by atoms with Crippen molar-refractivity contribution in [3.8, 4) is 0 Å². The third-order valence-electron chi connectivity index (χ3n) is 4.99. The van der Waals surface area contributed by atoms with Gasteiger partial charge in [-0.25, -0.2) is 4.39 Å². The first-order valence-electron chi connectivity index (χ1n) is 8.16. The van der Waals surface area contributed by atoms with Crippen LogP contribution in [0, 0.1) is 18.2 Å². The van der Waals surface area contributed by atoms with E-state index in [0.717, 1.165) is 31.0 Å². The molecule has 2 saturated heterocycles. The number of carbonyl (C=O) groups is 1. The Balaban J connectivity index is 1.53. The van der Waals surface area contributed by atoms with Gasteiger partial charge in [0.25, 0.3) is 0 Å². The summed E-state index contributed by atoms with van der Waals surface area (Å²) in [6.45, 7) is 4.18. The molecule has 24 heavy (non-hydrogen) atoms. The highest BCUT2D eigenvalue weighted by Crippen LogP contribution is 2.42. The molecule has 0 bridgehead atoms. The van der Waals surface area contributed by atoms with Crippen molar-refractivity contribution in [3.05, 3.63) is 47.9 Å². The van der Waals surface area contributed by atoms with E-state index in [-0.39, 0.29) is 17.1 Å². The van der Waals surface area contributed by atoms with E-state index in [1.54, 1.807) is 17.0 Å². The van der Waals surface area contributed by atoms with E-state index < -0.39 is 0 Å². The number of amides is 1. The van der Waals surface area contributed by atoms with Crippen LogP contribution in [0.5, 0.6) is 0 Å². The van der Waals surface area contributed by atoms with Crippen molar-refractivity contribution in [3.63, 3.8) is 0 Å². The minimum atomic E-state index is -0.316. The Bertz CT molecular complexity index is 779. The van der Waals surface area contributed by atoms with Crippen LogP contribution in [-0.4, -0.2) is 35.7 Å². The van der Waals surface area contributed by atoms with E-state index in [2.05, 4.69) is 15.1 Å². The Morgan fingerprint density at radius 1 is 1.17 bits per heavy atom. The Labute approximate surface area is 140 Å². The van der Waals surface area contributed by atoms with Crippen molar-refractivity contribution in [1.29, 1.82) is 0 Å². The Morgan fingerprint density at radius 2 is 2.04 bits per heavy atom. The lowest BCUT2D eigenvalue weighted by molar-refractivity contribution is -0.117. The summed E-state index contributed by atoms with van der Waals surface area (Å²) in [6, 6.07) is 10.2. The zero-order chi connectivity index (χ0) is 16.7. The number of hydrogen-bond acceptors (Lipinski definition) is 4. The summed E-state index contributed by atoms with van der Waals surface area (Å²) in [6.07, 6.45) is 1.43. The largest absolute Gasteiger partial charge is 0.354 e. The number of halogens is 1. The second-order valence-corrected chi connectivity index (χ2v) is 6.84. The van der Waals surface area contributed by atoms with Gasteiger partial charge in [-0.05, 0) is 43.7 Å². The number of nitrogens with zero attached hydrogens (tertiary/aromatic N) is 4. The molecule has 0 radical (unpaired) electrons. The van der Waals surface area contributed by atoms with Gasteiger partial charge in [0.1, 0.15) is 5.82 Å². The molecule has 0 aliphatic carbocycles. The summed E-state index contributed by atoms with van der Waals surface area (Å²) in [4.78, 5) is 16.4. The lowest BCUT2D eigenvalue weighted by Crippen LogP contribution is -2.31. The molecule has 1 amide bonds. The molecule has 4 rings (SSSR count). The zero-order valence-electron chi connectivity index (χ0n) is 13.6. The molecule has 2 aliphatic rings. The third-order valence-corrected chi connectivity index (χ3v) is 4.99. The first-order valence-corrected chi connectivity index (χ1v) is 8.16. The van der Waals surface area contributed by atoms with Gasteiger partial charge >= 0.3 is 0 Å². The number of carbonyl (C=O) groups excluding carboxylic acids is 1. The SMILES string of the molecule is Cc1ccc(N2CCC3(CC(=O)N(c4cccc(F)c4)C3)C2)nn1. The van der Waals surface area contributed by atoms with Crippen LogP contribution in [0.4, 0.5) is 15.9 Å². The number of aromatic nitrogens is 2. The molecule has 1 atom stereocenters. The predicted octanol–water partition coefficient (Wildman–Crippen LogP) is 2.56. The van der Waals surface area contributed by atoms with Crippen LogP contribution < -0.4 is 9.80 Å². The van der Waals surface area contributed by atoms with E-state index >= 15 is 0 Å². The predicted molar refractivity (Wildman–Crippen MR) is 89.4 cm³/mol. The minimum absolute atomic E-state index is 0.0671. The fourth-order valence-corrected chi connectivity index (χ4v) is 3.74. The molecule has 2 fully saturated rings. The molecule has 1 aromatic carbocycles. The molecule has 3 heterocycles. The maximum atomic E-state index is 13.5. The summed E-state index contributed by atoms with van der Waals surface area (Å²) in [5, 5.41) is 8.37. The first kappa shape index (κ1) is 15.1. The highest BCUT2D eigenvalue weighted by atomic mass is 19.1. The molecule has 2 aliphatic heterocycles. The van der Waals surface area contributed by atoms with Gasteiger partial charge in [0.2, 0.25) is 5.91 Å². The number of benzene rings is 1. The fourth-order valence-electron chi connectivity index (χ4n) is 3.74. The number of rotatable bonds is 2. The van der Waals surface area contributed by atoms with Crippen LogP contribution in [0.2, 0.25) is 0 Å². The fraction of sp³-hybridized carbons (Fsp3) is 0.389. The van der Waals surface area contributed by atoms with Crippen LogP contribution in [0.15, 0.2) is 36.4 Å². The molecule has 2 aromatic rings. The summed E-state index contributed by atoms with van der Waals surface area (Å²) in [5.41, 5.74) is 1.45. The molecule has 1 spiro atoms. The van der Waals surface area contributed by atoms with Gasteiger partial charge in [-0.1, -0.05) is 6.07 Å². The summed E-state index contributed by atoms with van der Waals surface area (Å²) in [5.74, 6) is 0.607. The lowest BCUT2D eigenvalue weighted by Gasteiger charge is -2.24.